The zero-order valence-corrected chi connectivity index (χ0v) is 22.6. The van der Waals surface area contributed by atoms with Gasteiger partial charge in [-0.15, -0.1) is 0 Å². The molecule has 3 aromatic rings. The third kappa shape index (κ3) is 5.61. The molecule has 2 aromatic carbocycles. The van der Waals surface area contributed by atoms with Crippen LogP contribution in [0.1, 0.15) is 31.0 Å². The molecule has 1 aliphatic heterocycles. The summed E-state index contributed by atoms with van der Waals surface area (Å²) in [6.07, 6.45) is 1.57. The van der Waals surface area contributed by atoms with Crippen molar-refractivity contribution in [3.63, 3.8) is 0 Å². The molecule has 39 heavy (non-hydrogen) atoms. The van der Waals surface area contributed by atoms with Crippen LogP contribution in [-0.2, 0) is 14.3 Å². The second kappa shape index (κ2) is 12.0. The molecule has 0 unspecified atom stereocenters. The predicted octanol–water partition coefficient (Wildman–Crippen LogP) is 2.74. The number of methoxy groups -OCH3 is 2. The van der Waals surface area contributed by atoms with Crippen LogP contribution >= 0.6 is 11.3 Å². The van der Waals surface area contributed by atoms with Gasteiger partial charge in [0, 0.05) is 24.8 Å². The lowest BCUT2D eigenvalue weighted by atomic mass is 9.94. The summed E-state index contributed by atoms with van der Waals surface area (Å²) in [5.41, 5.74) is 1.05. The number of hydrogen-bond acceptors (Lipinski definition) is 10. The van der Waals surface area contributed by atoms with E-state index in [1.165, 1.54) is 30.9 Å². The Hall–Kier alpha value is -4.29. The largest absolute Gasteiger partial charge is 0.493 e. The number of thiazole rings is 1. The van der Waals surface area contributed by atoms with Gasteiger partial charge in [0.15, 0.2) is 16.3 Å². The maximum atomic E-state index is 13.9. The van der Waals surface area contributed by atoms with Gasteiger partial charge < -0.3 is 18.9 Å². The lowest BCUT2D eigenvalue weighted by Crippen LogP contribution is -2.40. The first kappa shape index (κ1) is 27.7. The number of carbonyl (C=O) groups is 1. The Bertz CT molecular complexity index is 1620. The fraction of sp³-hybridized carbons (Fsp3) is 0.296. The molecule has 1 atom stereocenters. The molecular weight excluding hydrogens is 526 g/mol. The molecule has 12 heteroatoms. The minimum atomic E-state index is -0.930. The minimum absolute atomic E-state index is 0.0203. The van der Waals surface area contributed by atoms with Crippen LogP contribution in [0.4, 0.5) is 5.69 Å². The zero-order chi connectivity index (χ0) is 28.1. The van der Waals surface area contributed by atoms with E-state index in [0.29, 0.717) is 44.3 Å². The average molecular weight is 554 g/mol. The number of benzene rings is 2. The smallest absolute Gasteiger partial charge is 0.338 e. The van der Waals surface area contributed by atoms with E-state index >= 15 is 0 Å². The van der Waals surface area contributed by atoms with E-state index in [0.717, 1.165) is 11.3 Å². The van der Waals surface area contributed by atoms with Crippen molar-refractivity contribution in [3.05, 3.63) is 94.7 Å². The summed E-state index contributed by atoms with van der Waals surface area (Å²) >= 11 is 1.12. The number of carbonyl (C=O) groups excluding carboxylic acids is 1. The van der Waals surface area contributed by atoms with Gasteiger partial charge in [-0.1, -0.05) is 35.6 Å². The molecule has 0 radical (unpaired) electrons. The molecule has 204 valence electrons. The molecule has 1 aliphatic rings. The maximum absolute atomic E-state index is 13.9. The van der Waals surface area contributed by atoms with Crippen LogP contribution in [0, 0.1) is 10.1 Å². The number of nitrogens with zero attached hydrogens (tertiary/aromatic N) is 3. The quantitative estimate of drug-likeness (QED) is 0.162. The van der Waals surface area contributed by atoms with Crippen molar-refractivity contribution in [1.82, 2.24) is 4.57 Å². The standard InChI is InChI=1S/C27H27N3O8S/c1-5-37-24-19(10-7-11-20(24)36-4)23-22(26(32)38-13-12-35-3)16(2)28-27-29(23)25(31)21(39-27)15-17-8-6-9-18(14-17)30(33)34/h6-11,14-15,23H,5,12-13H2,1-4H3/b21-15+/t23-/m0/s1. The van der Waals surface area contributed by atoms with Gasteiger partial charge in [0.25, 0.3) is 11.2 Å². The van der Waals surface area contributed by atoms with Crippen molar-refractivity contribution >= 4 is 29.1 Å². The first-order chi connectivity index (χ1) is 18.8. The molecule has 0 fully saturated rings. The van der Waals surface area contributed by atoms with E-state index in [-0.39, 0.29) is 24.5 Å². The van der Waals surface area contributed by atoms with Crippen molar-refractivity contribution in [2.24, 2.45) is 4.99 Å². The third-order valence-electron chi connectivity index (χ3n) is 5.95. The van der Waals surface area contributed by atoms with Gasteiger partial charge in [-0.2, -0.15) is 0 Å². The molecule has 0 spiro atoms. The highest BCUT2D eigenvalue weighted by Crippen LogP contribution is 2.40. The fourth-order valence-electron chi connectivity index (χ4n) is 4.26. The van der Waals surface area contributed by atoms with Crippen LogP contribution in [0.15, 0.2) is 63.5 Å². The van der Waals surface area contributed by atoms with Gasteiger partial charge in [0.05, 0.1) is 41.0 Å². The van der Waals surface area contributed by atoms with E-state index in [1.54, 1.807) is 43.3 Å². The summed E-state index contributed by atoms with van der Waals surface area (Å²) in [6.45, 7) is 4.04. The van der Waals surface area contributed by atoms with Gasteiger partial charge in [0.2, 0.25) is 0 Å². The number of fused-ring (bicyclic) bond motifs is 1. The van der Waals surface area contributed by atoms with Crippen LogP contribution in [0.5, 0.6) is 11.5 Å². The molecule has 0 saturated carbocycles. The highest BCUT2D eigenvalue weighted by Gasteiger charge is 2.36. The van der Waals surface area contributed by atoms with Crippen LogP contribution in [-0.4, -0.2) is 49.5 Å². The number of non-ortho nitro benzene ring substituents is 1. The van der Waals surface area contributed by atoms with Crippen molar-refractivity contribution in [1.29, 1.82) is 0 Å². The maximum Gasteiger partial charge on any atom is 0.338 e. The van der Waals surface area contributed by atoms with Crippen LogP contribution in [0.25, 0.3) is 6.08 Å². The lowest BCUT2D eigenvalue weighted by Gasteiger charge is -2.27. The number of rotatable bonds is 10. The Morgan fingerprint density at radius 1 is 1.21 bits per heavy atom. The average Bonchev–Trinajstić information content (AvgIpc) is 3.22. The van der Waals surface area contributed by atoms with E-state index in [2.05, 4.69) is 4.99 Å². The number of ether oxygens (including phenoxy) is 4. The molecule has 0 saturated heterocycles. The zero-order valence-electron chi connectivity index (χ0n) is 21.8. The third-order valence-corrected chi connectivity index (χ3v) is 6.94. The Balaban J connectivity index is 1.96. The molecule has 0 aliphatic carbocycles. The molecule has 0 amide bonds. The SMILES string of the molecule is CCOc1c(OC)cccc1[C@H]1C(C(=O)OCCOC)=C(C)N=c2s/c(=C/c3cccc([N+](=O)[O-])c3)c(=O)n21. The number of nitro benzene ring substituents is 1. The van der Waals surface area contributed by atoms with Gasteiger partial charge in [0.1, 0.15) is 12.6 Å². The topological polar surface area (TPSA) is 131 Å². The van der Waals surface area contributed by atoms with Gasteiger partial charge in [-0.3, -0.25) is 19.5 Å². The van der Waals surface area contributed by atoms with Crippen molar-refractivity contribution in [2.45, 2.75) is 19.9 Å². The summed E-state index contributed by atoms with van der Waals surface area (Å²) in [5, 5.41) is 11.2. The monoisotopic (exact) mass is 553 g/mol. The van der Waals surface area contributed by atoms with E-state index < -0.39 is 22.5 Å². The first-order valence-electron chi connectivity index (χ1n) is 12.0. The molecule has 1 aromatic heterocycles. The predicted molar refractivity (Wildman–Crippen MR) is 144 cm³/mol. The van der Waals surface area contributed by atoms with Gasteiger partial charge in [-0.05, 0) is 31.6 Å². The number of para-hydroxylation sites is 1. The highest BCUT2D eigenvalue weighted by molar-refractivity contribution is 7.07. The second-order valence-electron chi connectivity index (χ2n) is 8.37. The number of nitro groups is 1. The molecule has 0 N–H and O–H groups in total. The van der Waals surface area contributed by atoms with Crippen LogP contribution < -0.4 is 24.4 Å². The molecule has 4 rings (SSSR count). The highest BCUT2D eigenvalue weighted by atomic mass is 32.1. The first-order valence-corrected chi connectivity index (χ1v) is 12.8. The summed E-state index contributed by atoms with van der Waals surface area (Å²) in [5.74, 6) is 0.184. The number of esters is 1. The van der Waals surface area contributed by atoms with Crippen LogP contribution in [0.3, 0.4) is 0 Å². The Kier molecular flexibility index (Phi) is 8.57. The normalized spacial score (nSPS) is 15.0. The number of allylic oxidation sites excluding steroid dienone is 1. The van der Waals surface area contributed by atoms with Gasteiger partial charge in [-0.25, -0.2) is 9.79 Å². The molecular formula is C27H27N3O8S. The van der Waals surface area contributed by atoms with Crippen molar-refractivity contribution in [2.75, 3.05) is 34.0 Å². The summed E-state index contributed by atoms with van der Waals surface area (Å²) in [7, 11) is 3.01. The summed E-state index contributed by atoms with van der Waals surface area (Å²) in [6, 6.07) is 10.3. The second-order valence-corrected chi connectivity index (χ2v) is 9.38. The van der Waals surface area contributed by atoms with E-state index in [1.807, 2.05) is 6.92 Å². The van der Waals surface area contributed by atoms with Crippen molar-refractivity contribution < 1.29 is 28.7 Å². The molecule has 11 nitrogen and oxygen atoms in total. The van der Waals surface area contributed by atoms with Crippen molar-refractivity contribution in [3.8, 4) is 11.5 Å². The molecule has 0 bridgehead atoms. The Labute approximate surface area is 227 Å². The van der Waals surface area contributed by atoms with Crippen LogP contribution in [0.2, 0.25) is 0 Å². The summed E-state index contributed by atoms with van der Waals surface area (Å²) in [4.78, 5) is 42.9. The molecule has 2 heterocycles. The Morgan fingerprint density at radius 3 is 2.67 bits per heavy atom. The number of aromatic nitrogens is 1. The minimum Gasteiger partial charge on any atom is -0.493 e. The van der Waals surface area contributed by atoms with E-state index in [4.69, 9.17) is 18.9 Å². The van der Waals surface area contributed by atoms with Gasteiger partial charge >= 0.3 is 5.97 Å². The fourth-order valence-corrected chi connectivity index (χ4v) is 5.31. The Morgan fingerprint density at radius 2 is 1.97 bits per heavy atom. The lowest BCUT2D eigenvalue weighted by molar-refractivity contribution is -0.384. The number of hydrogen-bond donors (Lipinski definition) is 0. The van der Waals surface area contributed by atoms with E-state index in [9.17, 15) is 19.7 Å². The summed E-state index contributed by atoms with van der Waals surface area (Å²) < 4.78 is 23.6.